The van der Waals surface area contributed by atoms with Crippen molar-refractivity contribution in [3.8, 4) is 22.9 Å². The van der Waals surface area contributed by atoms with E-state index in [1.807, 2.05) is 59.3 Å². The van der Waals surface area contributed by atoms with E-state index in [4.69, 9.17) is 18.6 Å². The van der Waals surface area contributed by atoms with Crippen LogP contribution < -0.4 is 23.7 Å². The molecular weight excluding hydrogens is 434 g/mol. The van der Waals surface area contributed by atoms with E-state index in [-0.39, 0.29) is 12.5 Å². The van der Waals surface area contributed by atoms with Crippen LogP contribution in [0.25, 0.3) is 5.69 Å². The highest BCUT2D eigenvalue weighted by atomic mass is 16.6. The van der Waals surface area contributed by atoms with Gasteiger partial charge in [-0.05, 0) is 23.8 Å². The maximum Gasteiger partial charge on any atom is 0.340 e. The largest absolute Gasteiger partial charge is 0.491 e. The van der Waals surface area contributed by atoms with Crippen LogP contribution in [0.2, 0.25) is 0 Å². The van der Waals surface area contributed by atoms with Crippen LogP contribution in [0.15, 0.2) is 77.9 Å². The van der Waals surface area contributed by atoms with Gasteiger partial charge in [-0.15, -0.1) is 4.57 Å². The zero-order valence-corrected chi connectivity index (χ0v) is 18.1. The third kappa shape index (κ3) is 2.62. The van der Waals surface area contributed by atoms with Crippen molar-refractivity contribution in [1.29, 1.82) is 0 Å². The first kappa shape index (κ1) is 19.2. The van der Waals surface area contributed by atoms with Crippen LogP contribution in [-0.4, -0.2) is 30.7 Å². The number of oxazole rings is 1. The highest BCUT2D eigenvalue weighted by molar-refractivity contribution is 6.11. The van der Waals surface area contributed by atoms with Crippen LogP contribution in [0.5, 0.6) is 17.2 Å². The van der Waals surface area contributed by atoms with Crippen LogP contribution in [0.3, 0.4) is 0 Å². The van der Waals surface area contributed by atoms with Gasteiger partial charge in [-0.3, -0.25) is 9.78 Å². The fraction of sp³-hybridized carbons (Fsp3) is 0.192. The standard InChI is InChI=1S/C26H20N3O5/c30-25-26(15-33-22-11-24-23(10-20(22)26)31-8-9-32-24)19-5-1-2-6-21(19)29(25)14-18-13-28(16-34-18)17-4-3-7-27-12-17/h1-7,10-13,16H,8-9,14-15H2/q+1. The number of nitrogens with zero attached hydrogens (tertiary/aromatic N) is 3. The Balaban J connectivity index is 1.29. The number of para-hydroxylation sites is 1. The van der Waals surface area contributed by atoms with E-state index in [0.29, 0.717) is 42.8 Å². The summed E-state index contributed by atoms with van der Waals surface area (Å²) in [4.78, 5) is 20.0. The fourth-order valence-corrected chi connectivity index (χ4v) is 5.08. The van der Waals surface area contributed by atoms with Gasteiger partial charge in [0.25, 0.3) is 0 Å². The molecule has 2 aromatic carbocycles. The molecule has 0 bridgehead atoms. The summed E-state index contributed by atoms with van der Waals surface area (Å²) in [6, 6.07) is 15.4. The first-order valence-corrected chi connectivity index (χ1v) is 11.1. The van der Waals surface area contributed by atoms with Crippen LogP contribution in [0.1, 0.15) is 16.9 Å². The molecule has 3 aliphatic heterocycles. The lowest BCUT2D eigenvalue weighted by atomic mass is 9.77. The molecule has 1 unspecified atom stereocenters. The normalized spacial score (nSPS) is 19.8. The van der Waals surface area contributed by atoms with E-state index in [9.17, 15) is 4.79 Å². The number of hydrogen-bond donors (Lipinski definition) is 0. The number of benzene rings is 2. The Morgan fingerprint density at radius 1 is 0.971 bits per heavy atom. The molecule has 4 aromatic rings. The lowest BCUT2D eigenvalue weighted by Gasteiger charge is -2.24. The summed E-state index contributed by atoms with van der Waals surface area (Å²) >= 11 is 0. The molecule has 8 heteroatoms. The van der Waals surface area contributed by atoms with Crippen molar-refractivity contribution >= 4 is 11.6 Å². The number of anilines is 1. The summed E-state index contributed by atoms with van der Waals surface area (Å²) in [7, 11) is 0. The number of rotatable bonds is 3. The highest BCUT2D eigenvalue weighted by Gasteiger charge is 2.57. The van der Waals surface area contributed by atoms with Gasteiger partial charge < -0.3 is 23.5 Å². The van der Waals surface area contributed by atoms with E-state index < -0.39 is 5.41 Å². The van der Waals surface area contributed by atoms with Crippen LogP contribution >= 0.6 is 0 Å². The second-order valence-electron chi connectivity index (χ2n) is 8.53. The number of fused-ring (bicyclic) bond motifs is 5. The zero-order chi connectivity index (χ0) is 22.7. The average molecular weight is 454 g/mol. The molecule has 0 radical (unpaired) electrons. The molecule has 3 aliphatic rings. The molecule has 8 nitrogen and oxygen atoms in total. The predicted molar refractivity (Wildman–Crippen MR) is 119 cm³/mol. The number of pyridine rings is 1. The van der Waals surface area contributed by atoms with Gasteiger partial charge in [-0.2, -0.15) is 0 Å². The SMILES string of the molecule is O=C1N(Cc2c[n+](-c3cccnc3)co2)c2ccccc2C12COc1cc3c(cc12)OCCO3. The number of amides is 1. The third-order valence-corrected chi connectivity index (χ3v) is 6.67. The van der Waals surface area contributed by atoms with Gasteiger partial charge in [-0.1, -0.05) is 18.2 Å². The summed E-state index contributed by atoms with van der Waals surface area (Å²) in [5.74, 6) is 2.55. The molecule has 7 rings (SSSR count). The van der Waals surface area contributed by atoms with Crippen molar-refractivity contribution < 1.29 is 28.0 Å². The maximum atomic E-state index is 14.1. The van der Waals surface area contributed by atoms with Gasteiger partial charge in [0, 0.05) is 29.6 Å². The van der Waals surface area contributed by atoms with Crippen LogP contribution in [0.4, 0.5) is 5.69 Å². The van der Waals surface area contributed by atoms with E-state index in [0.717, 1.165) is 22.5 Å². The first-order chi connectivity index (χ1) is 16.7. The van der Waals surface area contributed by atoms with Crippen LogP contribution in [0, 0.1) is 0 Å². The van der Waals surface area contributed by atoms with Crippen molar-refractivity contribution in [1.82, 2.24) is 4.98 Å². The Labute approximate surface area is 194 Å². The predicted octanol–water partition coefficient (Wildman–Crippen LogP) is 2.95. The molecule has 1 atom stereocenters. The second kappa shape index (κ2) is 7.08. The summed E-state index contributed by atoms with van der Waals surface area (Å²) < 4.78 is 25.3. The molecule has 34 heavy (non-hydrogen) atoms. The summed E-state index contributed by atoms with van der Waals surface area (Å²) in [6.45, 7) is 1.50. The molecule has 1 amide bonds. The average Bonchev–Trinajstić information content (AvgIpc) is 3.57. The molecule has 0 fully saturated rings. The maximum absolute atomic E-state index is 14.1. The van der Waals surface area contributed by atoms with Gasteiger partial charge in [0.05, 0.1) is 12.7 Å². The van der Waals surface area contributed by atoms with E-state index >= 15 is 0 Å². The topological polar surface area (TPSA) is 77.9 Å². The monoisotopic (exact) mass is 454 g/mol. The Morgan fingerprint density at radius 3 is 2.68 bits per heavy atom. The molecule has 0 saturated carbocycles. The molecule has 0 aliphatic carbocycles. The van der Waals surface area contributed by atoms with Crippen molar-refractivity contribution in [2.45, 2.75) is 12.0 Å². The minimum Gasteiger partial charge on any atom is -0.491 e. The van der Waals surface area contributed by atoms with Gasteiger partial charge in [0.15, 0.2) is 17.3 Å². The number of aromatic nitrogens is 2. The van der Waals surface area contributed by atoms with Crippen molar-refractivity contribution in [3.05, 3.63) is 90.4 Å². The van der Waals surface area contributed by atoms with Crippen molar-refractivity contribution in [2.75, 3.05) is 24.7 Å². The number of carbonyl (C=O) groups is 1. The number of carbonyl (C=O) groups excluding carboxylic acids is 1. The summed E-state index contributed by atoms with van der Waals surface area (Å²) in [5, 5.41) is 0. The molecule has 2 aromatic heterocycles. The fourth-order valence-electron chi connectivity index (χ4n) is 5.08. The highest BCUT2D eigenvalue weighted by Crippen LogP contribution is 2.54. The molecule has 168 valence electrons. The third-order valence-electron chi connectivity index (χ3n) is 6.67. The molecule has 1 spiro atoms. The number of ether oxygens (including phenoxy) is 3. The lowest BCUT2D eigenvalue weighted by molar-refractivity contribution is -0.599. The Morgan fingerprint density at radius 2 is 1.82 bits per heavy atom. The molecular formula is C26H20N3O5+. The molecule has 5 heterocycles. The van der Waals surface area contributed by atoms with Gasteiger partial charge in [0.2, 0.25) is 17.8 Å². The van der Waals surface area contributed by atoms with Gasteiger partial charge >= 0.3 is 6.39 Å². The smallest absolute Gasteiger partial charge is 0.340 e. The first-order valence-electron chi connectivity index (χ1n) is 11.1. The quantitative estimate of drug-likeness (QED) is 0.443. The Kier molecular flexibility index (Phi) is 3.99. The minimum atomic E-state index is -0.937. The second-order valence-corrected chi connectivity index (χ2v) is 8.53. The summed E-state index contributed by atoms with van der Waals surface area (Å²) in [5.41, 5.74) is 2.52. The summed E-state index contributed by atoms with van der Waals surface area (Å²) in [6.07, 6.45) is 6.97. The lowest BCUT2D eigenvalue weighted by Crippen LogP contribution is -2.42. The Bertz CT molecular complexity index is 1430. The van der Waals surface area contributed by atoms with E-state index in [2.05, 4.69) is 4.98 Å². The number of hydrogen-bond acceptors (Lipinski definition) is 6. The van der Waals surface area contributed by atoms with Crippen LogP contribution in [-0.2, 0) is 16.8 Å². The van der Waals surface area contributed by atoms with Crippen molar-refractivity contribution in [2.24, 2.45) is 0 Å². The van der Waals surface area contributed by atoms with E-state index in [1.54, 1.807) is 23.7 Å². The van der Waals surface area contributed by atoms with Gasteiger partial charge in [0.1, 0.15) is 31.0 Å². The van der Waals surface area contributed by atoms with E-state index in [1.165, 1.54) is 0 Å². The zero-order valence-electron chi connectivity index (χ0n) is 18.1. The Hall–Kier alpha value is -4.33. The molecule has 0 N–H and O–H groups in total. The van der Waals surface area contributed by atoms with Gasteiger partial charge in [-0.25, -0.2) is 0 Å². The molecule has 0 saturated heterocycles. The van der Waals surface area contributed by atoms with Crippen molar-refractivity contribution in [3.63, 3.8) is 0 Å². The minimum absolute atomic E-state index is 0.0477.